The SMILES string of the molecule is N.O=C(CCCCc1cccc(OCCCCCC(F)(F)F)c1)N1CC(OP(=O)(O)O)C1. The normalized spacial score (nSPS) is 14.6. The third-order valence-corrected chi connectivity index (χ3v) is 5.44. The first-order valence-electron chi connectivity index (χ1n) is 10.3. The van der Waals surface area contributed by atoms with Gasteiger partial charge in [-0.05, 0) is 56.2 Å². The summed E-state index contributed by atoms with van der Waals surface area (Å²) in [6, 6.07) is 7.53. The molecule has 1 aromatic rings. The van der Waals surface area contributed by atoms with Gasteiger partial charge in [0, 0.05) is 25.9 Å². The van der Waals surface area contributed by atoms with E-state index in [2.05, 4.69) is 4.52 Å². The molecule has 32 heavy (non-hydrogen) atoms. The molecule has 5 N–H and O–H groups in total. The molecule has 0 aliphatic carbocycles. The lowest BCUT2D eigenvalue weighted by atomic mass is 10.1. The number of halogens is 3. The number of ether oxygens (including phenoxy) is 1. The van der Waals surface area contributed by atoms with Crippen LogP contribution in [0.3, 0.4) is 0 Å². The van der Waals surface area contributed by atoms with Gasteiger partial charge in [0.15, 0.2) is 0 Å². The molecule has 184 valence electrons. The molecule has 0 atom stereocenters. The third-order valence-electron chi connectivity index (χ3n) is 4.86. The Morgan fingerprint density at radius 1 is 1.12 bits per heavy atom. The second kappa shape index (κ2) is 13.2. The number of alkyl halides is 3. The quantitative estimate of drug-likeness (QED) is 0.280. The standard InChI is InChI=1S/C20H29F3NO6P.H3N/c21-20(22,23)11-4-1-5-12-29-17-9-6-8-16(13-17)7-2-3-10-19(25)24-14-18(15-24)30-31(26,27)28;/h6,8-9,13,18H,1-5,7,10-12,14-15H2,(H2,26,27,28);1H3. The molecular weight excluding hydrogens is 452 g/mol. The molecule has 1 fully saturated rings. The minimum Gasteiger partial charge on any atom is -0.494 e. The van der Waals surface area contributed by atoms with Crippen molar-refractivity contribution in [1.82, 2.24) is 11.1 Å². The maximum Gasteiger partial charge on any atom is 0.469 e. The molecule has 1 aromatic carbocycles. The number of hydrogen-bond acceptors (Lipinski definition) is 5. The number of nitrogens with zero attached hydrogens (tertiary/aromatic N) is 1. The van der Waals surface area contributed by atoms with E-state index in [0.29, 0.717) is 38.0 Å². The number of phosphoric ester groups is 1. The zero-order chi connectivity index (χ0) is 22.9. The molecule has 1 aliphatic rings. The summed E-state index contributed by atoms with van der Waals surface area (Å²) >= 11 is 0. The van der Waals surface area contributed by atoms with E-state index >= 15 is 0 Å². The van der Waals surface area contributed by atoms with Crippen LogP contribution in [0, 0.1) is 0 Å². The largest absolute Gasteiger partial charge is 0.494 e. The van der Waals surface area contributed by atoms with E-state index in [9.17, 15) is 22.5 Å². The first kappa shape index (κ1) is 28.4. The van der Waals surface area contributed by atoms with Crippen LogP contribution < -0.4 is 10.9 Å². The highest BCUT2D eigenvalue weighted by Gasteiger charge is 2.35. The molecule has 1 aliphatic heterocycles. The smallest absolute Gasteiger partial charge is 0.469 e. The number of carbonyl (C=O) groups is 1. The van der Waals surface area contributed by atoms with Gasteiger partial charge in [-0.3, -0.25) is 9.32 Å². The van der Waals surface area contributed by atoms with Crippen molar-refractivity contribution in [2.24, 2.45) is 0 Å². The van der Waals surface area contributed by atoms with Crippen LogP contribution in [-0.4, -0.2) is 52.6 Å². The summed E-state index contributed by atoms with van der Waals surface area (Å²) in [6.45, 7) is 0.761. The van der Waals surface area contributed by atoms with E-state index in [1.54, 1.807) is 0 Å². The van der Waals surface area contributed by atoms with Crippen molar-refractivity contribution in [2.75, 3.05) is 19.7 Å². The van der Waals surface area contributed by atoms with Crippen molar-refractivity contribution in [3.05, 3.63) is 29.8 Å². The maximum absolute atomic E-state index is 12.1. The van der Waals surface area contributed by atoms with Gasteiger partial charge in [0.2, 0.25) is 5.91 Å². The number of aryl methyl sites for hydroxylation is 1. The molecule has 0 saturated carbocycles. The van der Waals surface area contributed by atoms with Gasteiger partial charge < -0.3 is 25.6 Å². The summed E-state index contributed by atoms with van der Waals surface area (Å²) in [4.78, 5) is 31.0. The van der Waals surface area contributed by atoms with Crippen molar-refractivity contribution in [1.29, 1.82) is 0 Å². The summed E-state index contributed by atoms with van der Waals surface area (Å²) in [6.07, 6.45) is -1.72. The Morgan fingerprint density at radius 2 is 1.84 bits per heavy atom. The van der Waals surface area contributed by atoms with Crippen LogP contribution in [0.2, 0.25) is 0 Å². The number of hydrogen-bond donors (Lipinski definition) is 3. The number of likely N-dealkylation sites (tertiary alicyclic amines) is 1. The van der Waals surface area contributed by atoms with Crippen molar-refractivity contribution < 1.29 is 41.6 Å². The second-order valence-corrected chi connectivity index (χ2v) is 8.84. The molecule has 0 aromatic heterocycles. The highest BCUT2D eigenvalue weighted by Crippen LogP contribution is 2.39. The molecule has 0 unspecified atom stereocenters. The summed E-state index contributed by atoms with van der Waals surface area (Å²) in [5, 5.41) is 0. The number of benzene rings is 1. The van der Waals surface area contributed by atoms with Crippen LogP contribution in [0.4, 0.5) is 13.2 Å². The third kappa shape index (κ3) is 11.8. The minimum atomic E-state index is -4.52. The summed E-state index contributed by atoms with van der Waals surface area (Å²) in [7, 11) is -4.52. The van der Waals surface area contributed by atoms with Crippen molar-refractivity contribution in [3.63, 3.8) is 0 Å². The number of carbonyl (C=O) groups excluding carboxylic acids is 1. The molecular formula is C20H32F3N2O6P. The topological polar surface area (TPSA) is 131 Å². The van der Waals surface area contributed by atoms with E-state index in [-0.39, 0.29) is 31.6 Å². The highest BCUT2D eigenvalue weighted by atomic mass is 31.2. The zero-order valence-electron chi connectivity index (χ0n) is 17.9. The van der Waals surface area contributed by atoms with Crippen molar-refractivity contribution >= 4 is 13.7 Å². The van der Waals surface area contributed by atoms with Crippen LogP contribution in [0.1, 0.15) is 50.5 Å². The van der Waals surface area contributed by atoms with Crippen LogP contribution in [0.25, 0.3) is 0 Å². The Hall–Kier alpha value is -1.65. The molecule has 0 radical (unpaired) electrons. The number of unbranched alkanes of at least 4 members (excludes halogenated alkanes) is 3. The lowest BCUT2D eigenvalue weighted by Crippen LogP contribution is -2.54. The maximum atomic E-state index is 12.1. The molecule has 1 amide bonds. The predicted molar refractivity (Wildman–Crippen MR) is 113 cm³/mol. The Bertz CT molecular complexity index is 753. The Morgan fingerprint density at radius 3 is 2.50 bits per heavy atom. The molecule has 12 heteroatoms. The summed E-state index contributed by atoms with van der Waals surface area (Å²) in [5.74, 6) is 0.620. The average molecular weight is 484 g/mol. The zero-order valence-corrected chi connectivity index (χ0v) is 18.8. The fraction of sp³-hybridized carbons (Fsp3) is 0.650. The van der Waals surface area contributed by atoms with Gasteiger partial charge in [0.25, 0.3) is 0 Å². The second-order valence-electron chi connectivity index (χ2n) is 7.65. The van der Waals surface area contributed by atoms with E-state index in [1.807, 2.05) is 24.3 Å². The first-order chi connectivity index (χ1) is 14.5. The van der Waals surface area contributed by atoms with Gasteiger partial charge in [0.05, 0.1) is 6.61 Å². The average Bonchev–Trinajstić information content (AvgIpc) is 2.63. The Kier molecular flexibility index (Phi) is 11.7. The Balaban J connectivity index is 0.00000512. The number of phosphoric acid groups is 1. The minimum absolute atomic E-state index is 0. The van der Waals surface area contributed by atoms with Gasteiger partial charge in [-0.25, -0.2) is 4.57 Å². The van der Waals surface area contributed by atoms with E-state index in [0.717, 1.165) is 18.4 Å². The van der Waals surface area contributed by atoms with E-state index < -0.39 is 26.5 Å². The van der Waals surface area contributed by atoms with Gasteiger partial charge in [-0.1, -0.05) is 12.1 Å². The van der Waals surface area contributed by atoms with Gasteiger partial charge in [-0.2, -0.15) is 13.2 Å². The Labute approximate surface area is 185 Å². The lowest BCUT2D eigenvalue weighted by Gasteiger charge is -2.38. The van der Waals surface area contributed by atoms with E-state index in [1.165, 1.54) is 4.90 Å². The van der Waals surface area contributed by atoms with Gasteiger partial charge in [-0.15, -0.1) is 0 Å². The highest BCUT2D eigenvalue weighted by molar-refractivity contribution is 7.46. The molecule has 0 spiro atoms. The summed E-state index contributed by atoms with van der Waals surface area (Å²) in [5.41, 5.74) is 1.06. The monoisotopic (exact) mass is 484 g/mol. The fourth-order valence-electron chi connectivity index (χ4n) is 3.25. The fourth-order valence-corrected chi connectivity index (χ4v) is 3.77. The van der Waals surface area contributed by atoms with Crippen LogP contribution >= 0.6 is 7.82 Å². The number of rotatable bonds is 13. The first-order valence-corrected chi connectivity index (χ1v) is 11.8. The van der Waals surface area contributed by atoms with Crippen molar-refractivity contribution in [3.8, 4) is 5.75 Å². The van der Waals surface area contributed by atoms with E-state index in [4.69, 9.17) is 14.5 Å². The lowest BCUT2D eigenvalue weighted by molar-refractivity contribution is -0.140. The molecule has 1 heterocycles. The van der Waals surface area contributed by atoms with Crippen LogP contribution in [0.15, 0.2) is 24.3 Å². The van der Waals surface area contributed by atoms with Crippen LogP contribution in [-0.2, 0) is 20.3 Å². The van der Waals surface area contributed by atoms with Gasteiger partial charge >= 0.3 is 14.0 Å². The molecule has 2 rings (SSSR count). The molecule has 1 saturated heterocycles. The van der Waals surface area contributed by atoms with Crippen LogP contribution in [0.5, 0.6) is 5.75 Å². The summed E-state index contributed by atoms with van der Waals surface area (Å²) < 4.78 is 57.2. The number of amides is 1. The van der Waals surface area contributed by atoms with Gasteiger partial charge in [0.1, 0.15) is 11.9 Å². The van der Waals surface area contributed by atoms with Crippen molar-refractivity contribution in [2.45, 2.75) is 63.6 Å². The molecule has 8 nitrogen and oxygen atoms in total. The predicted octanol–water partition coefficient (Wildman–Crippen LogP) is 4.38. The molecule has 0 bridgehead atoms.